The van der Waals surface area contributed by atoms with Crippen LogP contribution in [-0.4, -0.2) is 32.3 Å². The lowest BCUT2D eigenvalue weighted by Gasteiger charge is -2.23. The van der Waals surface area contributed by atoms with E-state index in [1.165, 1.54) is 12.8 Å². The first kappa shape index (κ1) is 16.7. The molecule has 2 aromatic heterocycles. The van der Waals surface area contributed by atoms with Crippen LogP contribution in [0.15, 0.2) is 67.1 Å². The molecule has 6 heteroatoms. The minimum absolute atomic E-state index is 0.362. The standard InChI is InChI=1S/C23H21N5O/c1-2-4-17(5-3-1)29-18-8-6-16(7-9-18)22-19-13-24-14-26-23(19)28(27-22)21-11-15-10-20(21)25-12-15/h1-9,13-15,20-21,25H,10-12H2. The molecule has 1 N–H and O–H groups in total. The van der Waals surface area contributed by atoms with Gasteiger partial charge in [-0.2, -0.15) is 5.10 Å². The molecule has 2 bridgehead atoms. The molecule has 2 aliphatic rings. The Kier molecular flexibility index (Phi) is 3.84. The molecule has 1 aliphatic carbocycles. The van der Waals surface area contributed by atoms with Gasteiger partial charge in [-0.3, -0.25) is 0 Å². The molecule has 3 atom stereocenters. The van der Waals surface area contributed by atoms with Crippen LogP contribution >= 0.6 is 0 Å². The van der Waals surface area contributed by atoms with Gasteiger partial charge in [-0.1, -0.05) is 18.2 Å². The topological polar surface area (TPSA) is 64.9 Å². The number of fused-ring (bicyclic) bond motifs is 3. The lowest BCUT2D eigenvalue weighted by Crippen LogP contribution is -2.35. The van der Waals surface area contributed by atoms with E-state index in [-0.39, 0.29) is 0 Å². The van der Waals surface area contributed by atoms with Crippen LogP contribution in [-0.2, 0) is 0 Å². The van der Waals surface area contributed by atoms with E-state index in [9.17, 15) is 0 Å². The van der Waals surface area contributed by atoms with Gasteiger partial charge < -0.3 is 10.1 Å². The van der Waals surface area contributed by atoms with Gasteiger partial charge in [-0.15, -0.1) is 0 Å². The third-order valence-corrected chi connectivity index (χ3v) is 6.09. The zero-order valence-electron chi connectivity index (χ0n) is 15.9. The third-order valence-electron chi connectivity index (χ3n) is 6.09. The van der Waals surface area contributed by atoms with Crippen molar-refractivity contribution >= 4 is 11.0 Å². The Morgan fingerprint density at radius 3 is 2.55 bits per heavy atom. The second-order valence-electron chi connectivity index (χ2n) is 7.91. The predicted molar refractivity (Wildman–Crippen MR) is 111 cm³/mol. The summed E-state index contributed by atoms with van der Waals surface area (Å²) in [5, 5.41) is 9.63. The van der Waals surface area contributed by atoms with E-state index in [0.717, 1.165) is 46.3 Å². The van der Waals surface area contributed by atoms with Gasteiger partial charge in [0.2, 0.25) is 0 Å². The van der Waals surface area contributed by atoms with E-state index >= 15 is 0 Å². The van der Waals surface area contributed by atoms with Crippen LogP contribution in [0.2, 0.25) is 0 Å². The van der Waals surface area contributed by atoms with E-state index in [1.807, 2.05) is 48.7 Å². The number of piperidine rings is 1. The molecular weight excluding hydrogens is 362 g/mol. The molecule has 1 saturated carbocycles. The van der Waals surface area contributed by atoms with E-state index in [2.05, 4.69) is 32.1 Å². The molecule has 4 aromatic rings. The fourth-order valence-corrected chi connectivity index (χ4v) is 4.72. The van der Waals surface area contributed by atoms with Crippen molar-refractivity contribution < 1.29 is 4.74 Å². The van der Waals surface area contributed by atoms with Crippen LogP contribution in [0.25, 0.3) is 22.3 Å². The van der Waals surface area contributed by atoms with Crippen LogP contribution in [0.4, 0.5) is 0 Å². The maximum absolute atomic E-state index is 5.92. The zero-order chi connectivity index (χ0) is 19.2. The summed E-state index contributed by atoms with van der Waals surface area (Å²) in [5.41, 5.74) is 2.88. The summed E-state index contributed by atoms with van der Waals surface area (Å²) >= 11 is 0. The van der Waals surface area contributed by atoms with Crippen molar-refractivity contribution in [1.82, 2.24) is 25.1 Å². The van der Waals surface area contributed by atoms with Crippen LogP contribution in [0.3, 0.4) is 0 Å². The first-order valence-corrected chi connectivity index (χ1v) is 10.1. The lowest BCUT2D eigenvalue weighted by molar-refractivity contribution is 0.342. The Bertz CT molecular complexity index is 1160. The van der Waals surface area contributed by atoms with Crippen molar-refractivity contribution in [2.24, 2.45) is 5.92 Å². The maximum atomic E-state index is 5.92. The average Bonchev–Trinajstić information content (AvgIpc) is 3.49. The first-order valence-electron chi connectivity index (χ1n) is 10.1. The van der Waals surface area contributed by atoms with Gasteiger partial charge in [0.05, 0.1) is 11.4 Å². The Labute approximate surface area is 168 Å². The zero-order valence-corrected chi connectivity index (χ0v) is 15.9. The van der Waals surface area contributed by atoms with Crippen molar-refractivity contribution in [2.75, 3.05) is 6.54 Å². The molecule has 0 amide bonds. The van der Waals surface area contributed by atoms with Crippen LogP contribution in [0.1, 0.15) is 18.9 Å². The number of rotatable bonds is 4. The number of hydrogen-bond acceptors (Lipinski definition) is 5. The molecule has 6 rings (SSSR count). The van der Waals surface area contributed by atoms with Gasteiger partial charge >= 0.3 is 0 Å². The van der Waals surface area contributed by atoms with Gasteiger partial charge in [-0.25, -0.2) is 14.6 Å². The Hall–Kier alpha value is -3.25. The van der Waals surface area contributed by atoms with Crippen LogP contribution in [0.5, 0.6) is 11.5 Å². The molecule has 3 unspecified atom stereocenters. The molecule has 3 heterocycles. The maximum Gasteiger partial charge on any atom is 0.162 e. The molecule has 1 aliphatic heterocycles. The highest BCUT2D eigenvalue weighted by atomic mass is 16.5. The van der Waals surface area contributed by atoms with Gasteiger partial charge in [0.25, 0.3) is 0 Å². The number of aromatic nitrogens is 4. The summed E-state index contributed by atoms with van der Waals surface area (Å²) in [5.74, 6) is 2.38. The minimum atomic E-state index is 0.362. The van der Waals surface area contributed by atoms with Gasteiger partial charge in [0.15, 0.2) is 5.65 Å². The Morgan fingerprint density at radius 2 is 1.79 bits per heavy atom. The number of para-hydroxylation sites is 1. The normalized spacial score (nSPS) is 23.0. The fourth-order valence-electron chi connectivity index (χ4n) is 4.72. The fraction of sp³-hybridized carbons (Fsp3) is 0.261. The molecule has 29 heavy (non-hydrogen) atoms. The summed E-state index contributed by atoms with van der Waals surface area (Å²) < 4.78 is 8.04. The summed E-state index contributed by atoms with van der Waals surface area (Å²) in [4.78, 5) is 8.82. The molecule has 144 valence electrons. The highest BCUT2D eigenvalue weighted by Gasteiger charge is 2.41. The van der Waals surface area contributed by atoms with E-state index < -0.39 is 0 Å². The molecule has 6 nitrogen and oxygen atoms in total. The van der Waals surface area contributed by atoms with Gasteiger partial charge in [-0.05, 0) is 61.7 Å². The predicted octanol–water partition coefficient (Wildman–Crippen LogP) is 4.21. The highest BCUT2D eigenvalue weighted by Crippen LogP contribution is 2.41. The summed E-state index contributed by atoms with van der Waals surface area (Å²) in [6.45, 7) is 1.13. The van der Waals surface area contributed by atoms with E-state index in [1.54, 1.807) is 6.33 Å². The van der Waals surface area contributed by atoms with E-state index in [4.69, 9.17) is 9.84 Å². The molecule has 0 radical (unpaired) electrons. The number of nitrogens with zero attached hydrogens (tertiary/aromatic N) is 4. The second-order valence-corrected chi connectivity index (χ2v) is 7.91. The number of nitrogens with one attached hydrogen (secondary N) is 1. The van der Waals surface area contributed by atoms with Crippen molar-refractivity contribution in [2.45, 2.75) is 24.9 Å². The third kappa shape index (κ3) is 2.87. The minimum Gasteiger partial charge on any atom is -0.457 e. The smallest absolute Gasteiger partial charge is 0.162 e. The summed E-state index contributed by atoms with van der Waals surface area (Å²) in [6, 6.07) is 18.7. The van der Waals surface area contributed by atoms with Gasteiger partial charge in [0.1, 0.15) is 23.5 Å². The molecule has 2 fully saturated rings. The quantitative estimate of drug-likeness (QED) is 0.572. The largest absolute Gasteiger partial charge is 0.457 e. The van der Waals surface area contributed by atoms with Crippen molar-refractivity contribution in [3.8, 4) is 22.8 Å². The molecule has 2 aromatic carbocycles. The molecular formula is C23H21N5O. The first-order chi connectivity index (χ1) is 14.3. The van der Waals surface area contributed by atoms with Crippen molar-refractivity contribution in [3.05, 3.63) is 67.1 Å². The average molecular weight is 383 g/mol. The van der Waals surface area contributed by atoms with Crippen molar-refractivity contribution in [1.29, 1.82) is 0 Å². The lowest BCUT2D eigenvalue weighted by atomic mass is 10.1. The van der Waals surface area contributed by atoms with Crippen LogP contribution < -0.4 is 10.1 Å². The summed E-state index contributed by atoms with van der Waals surface area (Å²) in [6.07, 6.45) is 5.89. The molecule has 1 saturated heterocycles. The Morgan fingerprint density at radius 1 is 0.966 bits per heavy atom. The number of benzene rings is 2. The second kappa shape index (κ2) is 6.67. The van der Waals surface area contributed by atoms with E-state index in [0.29, 0.717) is 12.1 Å². The van der Waals surface area contributed by atoms with Crippen LogP contribution in [0, 0.1) is 5.92 Å². The highest BCUT2D eigenvalue weighted by molar-refractivity contribution is 5.90. The van der Waals surface area contributed by atoms with Gasteiger partial charge in [0, 0.05) is 17.8 Å². The monoisotopic (exact) mass is 383 g/mol. The SMILES string of the molecule is c1ccc(Oc2ccc(-c3nn(C4CC5CNC4C5)c4ncncc34)cc2)cc1. The summed E-state index contributed by atoms with van der Waals surface area (Å²) in [7, 11) is 0. The van der Waals surface area contributed by atoms with Crippen molar-refractivity contribution in [3.63, 3.8) is 0 Å². The number of hydrogen-bond donors (Lipinski definition) is 1. The number of ether oxygens (including phenoxy) is 1. The molecule has 0 spiro atoms. The Balaban J connectivity index is 1.36.